The van der Waals surface area contributed by atoms with Gasteiger partial charge in [0.1, 0.15) is 35.1 Å². The van der Waals surface area contributed by atoms with Crippen molar-refractivity contribution in [1.29, 1.82) is 0 Å². The minimum absolute atomic E-state index is 0.0117. The van der Waals surface area contributed by atoms with Gasteiger partial charge in [-0.05, 0) is 152 Å². The summed E-state index contributed by atoms with van der Waals surface area (Å²) in [4.78, 5) is 131. The van der Waals surface area contributed by atoms with Crippen LogP contribution in [0.25, 0.3) is 21.5 Å². The minimum atomic E-state index is -4.89. The number of rotatable bonds is 22. The van der Waals surface area contributed by atoms with Gasteiger partial charge in [0.25, 0.3) is 0 Å². The first-order chi connectivity index (χ1) is 59.5. The van der Waals surface area contributed by atoms with Crippen LogP contribution >= 0.6 is 0 Å². The fraction of sp³-hybridized carbons (Fsp3) is 0.667. The summed E-state index contributed by atoms with van der Waals surface area (Å²) in [6, 6.07) is 12.6. The van der Waals surface area contributed by atoms with E-state index in [0.29, 0.717) is 115 Å². The standard InChI is InChI=1S/2C45H58F4N4O9S/c2*1-5-29-20-28(2)10-6-7-11-30-23-44(30,41(57)51-63(58,59)43(27-46)14-15-43)24-37(54)35-21-31(26-53(35)40(56)34(29)22-38(55)62-42(3,4)45(47,48)49)61-39-33-13-9-8-12-32(33)36(25-50-39)52-16-18-60-19-17-52/h2*7-9,11-13,25,28-31,34-35H,5-6,10,14-24,26-27H2,1-4H3,(H,51,57)/b2*11-7-/t28-,29+,30+,31+,34-,35-,44+;28-,29-,30-,31-,34+,35+,44-/m01/s1. The molecule has 0 bridgehead atoms. The van der Waals surface area contributed by atoms with Gasteiger partial charge in [0.05, 0.1) is 111 Å². The lowest BCUT2D eigenvalue weighted by Crippen LogP contribution is -2.49. The zero-order valence-electron chi connectivity index (χ0n) is 72.5. The predicted octanol–water partition coefficient (Wildman–Crippen LogP) is 13.3. The van der Waals surface area contributed by atoms with Crippen LogP contribution in [0.5, 0.6) is 11.8 Å². The number of fused-ring (bicyclic) bond motifs is 6. The number of benzene rings is 2. The number of anilines is 2. The van der Waals surface area contributed by atoms with E-state index >= 15 is 9.59 Å². The Morgan fingerprint density at radius 1 is 0.532 bits per heavy atom. The molecule has 36 heteroatoms. The lowest BCUT2D eigenvalue weighted by Gasteiger charge is -2.34. The summed E-state index contributed by atoms with van der Waals surface area (Å²) < 4.78 is 199. The summed E-state index contributed by atoms with van der Waals surface area (Å²) in [5.41, 5.74) is -6.91. The number of pyridine rings is 2. The Kier molecular flexibility index (Phi) is 28.2. The number of carbonyl (C=O) groups excluding carboxylic acids is 8. The van der Waals surface area contributed by atoms with Crippen molar-refractivity contribution in [3.8, 4) is 11.8 Å². The van der Waals surface area contributed by atoms with Gasteiger partial charge in [-0.25, -0.2) is 35.6 Å². The molecule has 2 aromatic carbocycles. The van der Waals surface area contributed by atoms with Gasteiger partial charge in [-0.2, -0.15) is 26.3 Å². The van der Waals surface area contributed by atoms with Gasteiger partial charge in [0.2, 0.25) is 66.6 Å². The van der Waals surface area contributed by atoms with Crippen molar-refractivity contribution in [2.45, 2.75) is 241 Å². The molecule has 14 rings (SSSR count). The number of Topliss-reactive ketones (excluding diaryl/α,β-unsaturated/α-hetero) is 2. The van der Waals surface area contributed by atoms with Gasteiger partial charge >= 0.3 is 24.3 Å². The number of allylic oxidation sites excluding steroid dienone is 4. The average Bonchev–Trinajstić information content (AvgIpc) is 1.56. The van der Waals surface area contributed by atoms with E-state index in [1.807, 2.05) is 101 Å². The van der Waals surface area contributed by atoms with E-state index < -0.39 is 210 Å². The number of aromatic nitrogens is 2. The van der Waals surface area contributed by atoms with Gasteiger partial charge in [-0.15, -0.1) is 0 Å². The average molecular weight is 1810 g/mol. The van der Waals surface area contributed by atoms with Gasteiger partial charge in [0.15, 0.2) is 11.6 Å². The second-order valence-electron chi connectivity index (χ2n) is 37.5. The topological polar surface area (TPSA) is 323 Å². The normalized spacial score (nSPS) is 29.8. The quantitative estimate of drug-likeness (QED) is 0.0419. The zero-order chi connectivity index (χ0) is 91.1. The molecule has 8 heterocycles. The monoisotopic (exact) mass is 1810 g/mol. The number of nitrogens with one attached hydrogen (secondary N) is 2. The highest BCUT2D eigenvalue weighted by atomic mass is 32.2. The number of ketones is 2. The van der Waals surface area contributed by atoms with Crippen molar-refractivity contribution in [3.63, 3.8) is 0 Å². The highest BCUT2D eigenvalue weighted by Crippen LogP contribution is 2.60. The largest absolute Gasteiger partial charge is 0.472 e. The number of esters is 2. The summed E-state index contributed by atoms with van der Waals surface area (Å²) in [5, 5.41) is 3.09. The van der Waals surface area contributed by atoms with Crippen LogP contribution < -0.4 is 28.7 Å². The van der Waals surface area contributed by atoms with E-state index in [1.54, 1.807) is 12.4 Å². The molecule has 14 atom stereocenters. The second-order valence-corrected chi connectivity index (χ2v) is 41.6. The number of sulfonamides is 2. The second kappa shape index (κ2) is 37.4. The molecule has 8 fully saturated rings. The van der Waals surface area contributed by atoms with Crippen molar-refractivity contribution in [2.24, 2.45) is 58.2 Å². The fourth-order valence-corrected chi connectivity index (χ4v) is 21.9. The van der Waals surface area contributed by atoms with E-state index in [1.165, 1.54) is 9.80 Å². The summed E-state index contributed by atoms with van der Waals surface area (Å²) >= 11 is 0. The lowest BCUT2D eigenvalue weighted by atomic mass is 9.79. The first-order valence-corrected chi connectivity index (χ1v) is 47.0. The first kappa shape index (κ1) is 95.0. The van der Waals surface area contributed by atoms with Crippen molar-refractivity contribution in [2.75, 3.05) is 88.8 Å². The number of halogens is 8. The molecule has 126 heavy (non-hydrogen) atoms. The van der Waals surface area contributed by atoms with Crippen LogP contribution in [0.15, 0.2) is 85.2 Å². The number of nitrogens with zero attached hydrogens (tertiary/aromatic N) is 6. The van der Waals surface area contributed by atoms with Gasteiger partial charge in [0, 0.05) is 73.4 Å². The molecule has 4 saturated heterocycles. The fourth-order valence-electron chi connectivity index (χ4n) is 19.0. The lowest BCUT2D eigenvalue weighted by molar-refractivity contribution is -0.257. The Morgan fingerprint density at radius 2 is 0.881 bits per heavy atom. The van der Waals surface area contributed by atoms with Gasteiger partial charge in [-0.3, -0.25) is 47.8 Å². The third-order valence-corrected chi connectivity index (χ3v) is 32.1. The van der Waals surface area contributed by atoms with Crippen molar-refractivity contribution in [3.05, 3.63) is 85.2 Å². The number of amides is 4. The number of hydrogen-bond donors (Lipinski definition) is 2. The van der Waals surface area contributed by atoms with E-state index in [-0.39, 0.29) is 88.1 Å². The van der Waals surface area contributed by atoms with Crippen LogP contribution in [-0.2, 0) is 77.4 Å². The molecule has 2 aromatic heterocycles. The molecule has 2 N–H and O–H groups in total. The third kappa shape index (κ3) is 20.2. The molecule has 4 aromatic rings. The number of ether oxygens (including phenoxy) is 6. The molecular formula is C90H116F8N8O18S2. The molecule has 4 saturated carbocycles. The summed E-state index contributed by atoms with van der Waals surface area (Å²) in [5.74, 6) is -10.5. The van der Waals surface area contributed by atoms with E-state index in [4.69, 9.17) is 38.4 Å². The molecule has 0 radical (unpaired) electrons. The molecular weight excluding hydrogens is 1700 g/mol. The molecule has 26 nitrogen and oxygen atoms in total. The number of morpholine rings is 2. The summed E-state index contributed by atoms with van der Waals surface area (Å²) in [7, 11) is -8.85. The molecule has 10 aliphatic rings. The highest BCUT2D eigenvalue weighted by Gasteiger charge is 2.66. The van der Waals surface area contributed by atoms with Crippen molar-refractivity contribution >= 4 is 100 Å². The third-order valence-electron chi connectivity index (χ3n) is 27.9. The molecule has 6 aliphatic heterocycles. The molecule has 4 aliphatic carbocycles. The number of hydrogen-bond acceptors (Lipinski definition) is 22. The summed E-state index contributed by atoms with van der Waals surface area (Å²) in [6.07, 6.45) is 1.53. The van der Waals surface area contributed by atoms with Crippen LogP contribution in [-0.4, -0.2) is 220 Å². The van der Waals surface area contributed by atoms with Crippen LogP contribution in [0.4, 0.5) is 46.5 Å². The molecule has 0 spiro atoms. The molecule has 0 unspecified atom stereocenters. The van der Waals surface area contributed by atoms with E-state index in [2.05, 4.69) is 19.2 Å². The highest BCUT2D eigenvalue weighted by molar-refractivity contribution is 7.92. The number of alkyl halides is 8. The zero-order valence-corrected chi connectivity index (χ0v) is 74.1. The van der Waals surface area contributed by atoms with Crippen LogP contribution in [0.2, 0.25) is 0 Å². The maximum Gasteiger partial charge on any atom is 0.427 e. The van der Waals surface area contributed by atoms with Crippen LogP contribution in [0, 0.1) is 58.2 Å². The maximum absolute atomic E-state index is 15.1. The summed E-state index contributed by atoms with van der Waals surface area (Å²) in [6.45, 7) is 12.8. The minimum Gasteiger partial charge on any atom is -0.472 e. The Morgan fingerprint density at radius 3 is 1.21 bits per heavy atom. The van der Waals surface area contributed by atoms with Crippen molar-refractivity contribution in [1.82, 2.24) is 29.2 Å². The number of carbonyl (C=O) groups is 8. The van der Waals surface area contributed by atoms with Gasteiger partial charge in [-0.1, -0.05) is 101 Å². The van der Waals surface area contributed by atoms with E-state index in [0.717, 1.165) is 49.8 Å². The Labute approximate surface area is 729 Å². The Balaban J connectivity index is 0.000000216. The predicted molar refractivity (Wildman–Crippen MR) is 449 cm³/mol. The Hall–Kier alpha value is -8.64. The van der Waals surface area contributed by atoms with Crippen LogP contribution in [0.1, 0.15) is 184 Å². The van der Waals surface area contributed by atoms with E-state index in [9.17, 15) is 80.7 Å². The van der Waals surface area contributed by atoms with Crippen molar-refractivity contribution < 1.29 is 119 Å². The molecule has 692 valence electrons. The maximum atomic E-state index is 15.1. The molecule has 4 amide bonds. The first-order valence-electron chi connectivity index (χ1n) is 44.1. The van der Waals surface area contributed by atoms with Crippen LogP contribution in [0.3, 0.4) is 0 Å². The van der Waals surface area contributed by atoms with Gasteiger partial charge < -0.3 is 48.0 Å². The Bertz CT molecular complexity index is 4730. The smallest absolute Gasteiger partial charge is 0.427 e. The SMILES string of the molecule is CC[C@@H]1C[C@@H](C)CC/C=C\[C@@H]2C[C@@]2(C(=O)NS(=O)(=O)C2(CF)CC2)CC(=O)[C@@H]2C[C@@H](Oc3ncc(N4CCOCC4)c4ccccc34)CN2C(=O)[C@H]1CC(=O)OC(C)(C)C(F)(F)F.CC[C@@H]1C[C@H](C)CC/C=C\[C@@H]2C[C@@]2(C(=O)NS(=O)(=O)C2(CF)CC2)CC(=O)[C@@H]2C[C@@H](Oc3ncc(N4CCOCC4)c4ccccc34)CN2C(=O)[C@H]1CC(=O)OC(C)(C)C(F)(F)F.